The van der Waals surface area contributed by atoms with E-state index >= 15 is 0 Å². The highest BCUT2D eigenvalue weighted by Crippen LogP contribution is 2.36. The molecule has 90 valence electrons. The van der Waals surface area contributed by atoms with E-state index < -0.39 is 0 Å². The summed E-state index contributed by atoms with van der Waals surface area (Å²) in [5.74, 6) is 1.21. The molecule has 0 saturated carbocycles. The molecule has 1 aromatic rings. The number of fused-ring (bicyclic) bond motifs is 1. The summed E-state index contributed by atoms with van der Waals surface area (Å²) in [7, 11) is 0. The molecule has 1 aromatic carbocycles. The summed E-state index contributed by atoms with van der Waals surface area (Å²) >= 11 is 3.48. The average Bonchev–Trinajstić information content (AvgIpc) is 2.29. The van der Waals surface area contributed by atoms with Crippen molar-refractivity contribution in [3.05, 3.63) is 42.0 Å². The highest BCUT2D eigenvalue weighted by molar-refractivity contribution is 9.09. The SMILES string of the molecule is CC(C)C1CC=CC(CBr)=Nc2ccccc21. The van der Waals surface area contributed by atoms with Crippen LogP contribution in [0.5, 0.6) is 0 Å². The van der Waals surface area contributed by atoms with Crippen molar-refractivity contribution in [1.29, 1.82) is 0 Å². The normalized spacial score (nSPS) is 19.5. The van der Waals surface area contributed by atoms with E-state index in [-0.39, 0.29) is 0 Å². The van der Waals surface area contributed by atoms with Crippen molar-refractivity contribution < 1.29 is 0 Å². The van der Waals surface area contributed by atoms with Gasteiger partial charge in [-0.05, 0) is 36.0 Å². The topological polar surface area (TPSA) is 12.4 Å². The highest BCUT2D eigenvalue weighted by atomic mass is 79.9. The lowest BCUT2D eigenvalue weighted by atomic mass is 9.84. The fraction of sp³-hybridized carbons (Fsp3) is 0.400. The van der Waals surface area contributed by atoms with Gasteiger partial charge in [-0.25, -0.2) is 0 Å². The zero-order chi connectivity index (χ0) is 12.3. The van der Waals surface area contributed by atoms with Crippen molar-refractivity contribution in [2.24, 2.45) is 10.9 Å². The quantitative estimate of drug-likeness (QED) is 0.691. The molecule has 0 aliphatic carbocycles. The molecule has 2 rings (SSSR count). The number of halogens is 1. The smallest absolute Gasteiger partial charge is 0.0668 e. The van der Waals surface area contributed by atoms with Gasteiger partial charge in [-0.15, -0.1) is 0 Å². The molecule has 0 saturated heterocycles. The molecule has 0 spiro atoms. The van der Waals surface area contributed by atoms with E-state index in [0.717, 1.165) is 23.1 Å². The minimum absolute atomic E-state index is 0.572. The van der Waals surface area contributed by atoms with Crippen molar-refractivity contribution >= 4 is 27.3 Å². The summed E-state index contributed by atoms with van der Waals surface area (Å²) < 4.78 is 0. The van der Waals surface area contributed by atoms with E-state index in [1.165, 1.54) is 5.56 Å². The second-order valence-electron chi connectivity index (χ2n) is 4.78. The lowest BCUT2D eigenvalue weighted by molar-refractivity contribution is 0.503. The van der Waals surface area contributed by atoms with E-state index in [1.807, 2.05) is 0 Å². The fourth-order valence-corrected chi connectivity index (χ4v) is 2.59. The summed E-state index contributed by atoms with van der Waals surface area (Å²) in [6.45, 7) is 4.57. The van der Waals surface area contributed by atoms with Gasteiger partial charge in [-0.3, -0.25) is 4.99 Å². The number of aliphatic imine (C=N–C) groups is 1. The standard InChI is InChI=1S/C15H18BrN/c1-11(2)13-8-5-6-12(10-16)17-15-9-4-3-7-14(13)15/h3-7,9,11,13H,8,10H2,1-2H3. The van der Waals surface area contributed by atoms with Gasteiger partial charge in [0.1, 0.15) is 0 Å². The summed E-state index contributed by atoms with van der Waals surface area (Å²) in [6, 6.07) is 8.51. The van der Waals surface area contributed by atoms with E-state index in [4.69, 9.17) is 4.99 Å². The van der Waals surface area contributed by atoms with Crippen molar-refractivity contribution in [3.63, 3.8) is 0 Å². The van der Waals surface area contributed by atoms with Crippen LogP contribution >= 0.6 is 15.9 Å². The van der Waals surface area contributed by atoms with Crippen LogP contribution in [0.4, 0.5) is 5.69 Å². The molecule has 0 fully saturated rings. The monoisotopic (exact) mass is 291 g/mol. The Bertz CT molecular complexity index is 446. The van der Waals surface area contributed by atoms with Crippen LogP contribution in [0.1, 0.15) is 31.7 Å². The van der Waals surface area contributed by atoms with E-state index in [1.54, 1.807) is 0 Å². The lowest BCUT2D eigenvalue weighted by Crippen LogP contribution is -2.08. The predicted molar refractivity (Wildman–Crippen MR) is 78.7 cm³/mol. The summed E-state index contributed by atoms with van der Waals surface area (Å²) in [6.07, 6.45) is 5.49. The van der Waals surface area contributed by atoms with Crippen LogP contribution in [0.25, 0.3) is 0 Å². The Kier molecular flexibility index (Phi) is 4.16. The predicted octanol–water partition coefficient (Wildman–Crippen LogP) is 4.85. The largest absolute Gasteiger partial charge is 0.252 e. The van der Waals surface area contributed by atoms with Crippen LogP contribution in [-0.4, -0.2) is 11.0 Å². The number of alkyl halides is 1. The van der Waals surface area contributed by atoms with Gasteiger partial charge in [-0.1, -0.05) is 54.1 Å². The summed E-state index contributed by atoms with van der Waals surface area (Å²) in [5.41, 5.74) is 3.61. The molecule has 0 radical (unpaired) electrons. The molecule has 1 unspecified atom stereocenters. The number of allylic oxidation sites excluding steroid dienone is 2. The van der Waals surface area contributed by atoms with Crippen molar-refractivity contribution in [2.75, 3.05) is 5.33 Å². The Morgan fingerprint density at radius 1 is 1.35 bits per heavy atom. The van der Waals surface area contributed by atoms with E-state index in [2.05, 4.69) is 66.2 Å². The molecule has 1 nitrogen and oxygen atoms in total. The Hall–Kier alpha value is -0.890. The first kappa shape index (κ1) is 12.6. The molecule has 0 bridgehead atoms. The van der Waals surface area contributed by atoms with Gasteiger partial charge in [0, 0.05) is 5.33 Å². The minimum Gasteiger partial charge on any atom is -0.252 e. The third kappa shape index (κ3) is 2.86. The Labute approximate surface area is 112 Å². The first-order valence-corrected chi connectivity index (χ1v) is 7.23. The molecular weight excluding hydrogens is 274 g/mol. The Balaban J connectivity index is 2.50. The second kappa shape index (κ2) is 5.63. The van der Waals surface area contributed by atoms with Crippen LogP contribution < -0.4 is 0 Å². The third-order valence-electron chi connectivity index (χ3n) is 3.24. The molecule has 1 atom stereocenters. The maximum absolute atomic E-state index is 4.73. The molecule has 0 aromatic heterocycles. The van der Waals surface area contributed by atoms with Crippen LogP contribution in [0.3, 0.4) is 0 Å². The molecule has 0 amide bonds. The molecule has 1 aliphatic rings. The van der Waals surface area contributed by atoms with Gasteiger partial charge in [0.15, 0.2) is 0 Å². The van der Waals surface area contributed by atoms with Gasteiger partial charge >= 0.3 is 0 Å². The zero-order valence-electron chi connectivity index (χ0n) is 10.4. The first-order chi connectivity index (χ1) is 8.22. The molecule has 2 heteroatoms. The number of para-hydroxylation sites is 1. The number of nitrogens with zero attached hydrogens (tertiary/aromatic N) is 1. The summed E-state index contributed by atoms with van der Waals surface area (Å²) in [5, 5.41) is 0.810. The Morgan fingerprint density at radius 2 is 2.12 bits per heavy atom. The number of hydrogen-bond donors (Lipinski definition) is 0. The average molecular weight is 292 g/mol. The summed E-state index contributed by atoms with van der Waals surface area (Å²) in [4.78, 5) is 4.73. The van der Waals surface area contributed by atoms with Gasteiger partial charge < -0.3 is 0 Å². The van der Waals surface area contributed by atoms with E-state index in [0.29, 0.717) is 11.8 Å². The van der Waals surface area contributed by atoms with Crippen molar-refractivity contribution in [1.82, 2.24) is 0 Å². The molecule has 0 N–H and O–H groups in total. The van der Waals surface area contributed by atoms with Crippen LogP contribution in [0, 0.1) is 5.92 Å². The van der Waals surface area contributed by atoms with Crippen LogP contribution in [0.15, 0.2) is 41.4 Å². The molecular formula is C15H18BrN. The second-order valence-corrected chi connectivity index (χ2v) is 5.34. The van der Waals surface area contributed by atoms with Crippen LogP contribution in [0.2, 0.25) is 0 Å². The zero-order valence-corrected chi connectivity index (χ0v) is 11.9. The first-order valence-electron chi connectivity index (χ1n) is 6.11. The molecule has 1 aliphatic heterocycles. The number of hydrogen-bond acceptors (Lipinski definition) is 1. The highest BCUT2D eigenvalue weighted by Gasteiger charge is 2.18. The van der Waals surface area contributed by atoms with E-state index in [9.17, 15) is 0 Å². The lowest BCUT2D eigenvalue weighted by Gasteiger charge is -2.23. The minimum atomic E-state index is 0.572. The van der Waals surface area contributed by atoms with Gasteiger partial charge in [0.25, 0.3) is 0 Å². The van der Waals surface area contributed by atoms with Gasteiger partial charge in [-0.2, -0.15) is 0 Å². The molecule has 1 heterocycles. The maximum atomic E-state index is 4.73. The molecule has 17 heavy (non-hydrogen) atoms. The van der Waals surface area contributed by atoms with Crippen molar-refractivity contribution in [2.45, 2.75) is 26.2 Å². The Morgan fingerprint density at radius 3 is 2.82 bits per heavy atom. The van der Waals surface area contributed by atoms with Crippen LogP contribution in [-0.2, 0) is 0 Å². The van der Waals surface area contributed by atoms with Crippen molar-refractivity contribution in [3.8, 4) is 0 Å². The fourth-order valence-electron chi connectivity index (χ4n) is 2.28. The third-order valence-corrected chi connectivity index (χ3v) is 3.82. The number of rotatable bonds is 2. The maximum Gasteiger partial charge on any atom is 0.0668 e. The van der Waals surface area contributed by atoms with Gasteiger partial charge in [0.05, 0.1) is 11.4 Å². The number of benzene rings is 1. The van der Waals surface area contributed by atoms with Gasteiger partial charge in [0.2, 0.25) is 0 Å².